The molecule has 3 aromatic heterocycles. The van der Waals surface area contributed by atoms with Crippen molar-refractivity contribution < 1.29 is 79.0 Å². The van der Waals surface area contributed by atoms with Crippen LogP contribution in [0.25, 0.3) is 0 Å². The predicted molar refractivity (Wildman–Crippen MR) is 95.8 cm³/mol. The molecule has 0 saturated heterocycles. The van der Waals surface area contributed by atoms with Crippen LogP contribution in [-0.4, -0.2) is 63.5 Å². The Morgan fingerprint density at radius 2 is 0.585 bits per heavy atom. The number of alkyl halides is 18. The van der Waals surface area contributed by atoms with Crippen LogP contribution in [-0.2, 0) is 37.1 Å². The third kappa shape index (κ3) is 7.06. The second-order valence-corrected chi connectivity index (χ2v) is 7.65. The predicted octanol–water partition coefficient (Wildman–Crippen LogP) is 5.67. The van der Waals surface area contributed by atoms with Gasteiger partial charge in [0.2, 0.25) is 0 Å². The molecule has 0 fully saturated rings. The molecule has 0 aliphatic carbocycles. The van der Waals surface area contributed by atoms with Crippen LogP contribution in [0, 0.1) is 0 Å². The maximum atomic E-state index is 13.6. The van der Waals surface area contributed by atoms with Crippen LogP contribution in [0.1, 0.15) is 34.2 Å². The van der Waals surface area contributed by atoms with Crippen LogP contribution in [0.5, 0.6) is 0 Å². The molecule has 3 aromatic rings. The third-order valence-corrected chi connectivity index (χ3v) is 4.89. The molecular formula is C15H4BF18N6Tl. The van der Waals surface area contributed by atoms with Crippen LogP contribution in [0.15, 0.2) is 18.2 Å². The van der Waals surface area contributed by atoms with E-state index in [2.05, 4.69) is 15.3 Å². The first-order valence-corrected chi connectivity index (χ1v) is 9.52. The fourth-order valence-electron chi connectivity index (χ4n) is 3.38. The van der Waals surface area contributed by atoms with Gasteiger partial charge < -0.3 is 13.8 Å². The maximum absolute atomic E-state index is 13.6. The smallest absolute Gasteiger partial charge is 0.392 e. The standard InChI is InChI=1S/C15H4BF18N6.Tl/c17-10(18,19)4-1-7(13(26,27)28)38(35-4)16(39-8(14(29,30)31)2-5(36-39)11(20,21)22)40-9(15(32,33)34)3-6(37-40)12(23,24)25;/h1-3,16H;/q-1;+1. The van der Waals surface area contributed by atoms with E-state index in [1.54, 1.807) is 0 Å². The molecular weight excluding hydrogens is 821 g/mol. The van der Waals surface area contributed by atoms with E-state index in [9.17, 15) is 79.0 Å². The van der Waals surface area contributed by atoms with Crippen LogP contribution in [0.2, 0.25) is 0 Å². The van der Waals surface area contributed by atoms with Crippen molar-refractivity contribution in [3.8, 4) is 0 Å². The summed E-state index contributed by atoms with van der Waals surface area (Å²) >= 11 is 0. The second kappa shape index (κ2) is 10.3. The zero-order chi connectivity index (χ0) is 31.0. The zero-order valence-electron chi connectivity index (χ0n) is 18.5. The van der Waals surface area contributed by atoms with E-state index in [1.807, 2.05) is 0 Å². The fourth-order valence-corrected chi connectivity index (χ4v) is 3.38. The first-order chi connectivity index (χ1) is 17.6. The second-order valence-electron chi connectivity index (χ2n) is 7.65. The van der Waals surface area contributed by atoms with Gasteiger partial charge in [0.05, 0.1) is 0 Å². The van der Waals surface area contributed by atoms with E-state index in [4.69, 9.17) is 0 Å². The molecule has 0 aromatic carbocycles. The first-order valence-electron chi connectivity index (χ1n) is 9.52. The third-order valence-electron chi connectivity index (χ3n) is 4.89. The molecule has 41 heavy (non-hydrogen) atoms. The van der Waals surface area contributed by atoms with Gasteiger partial charge in [-0.25, -0.2) is 15.3 Å². The summed E-state index contributed by atoms with van der Waals surface area (Å²) in [6, 6.07) is -2.82. The summed E-state index contributed by atoms with van der Waals surface area (Å²) in [6.07, 6.45) is -36.1. The summed E-state index contributed by atoms with van der Waals surface area (Å²) in [6.45, 7) is 0. The van der Waals surface area contributed by atoms with Gasteiger partial charge in [-0.05, 0) is 18.2 Å². The Balaban J connectivity index is 0.00000588. The van der Waals surface area contributed by atoms with E-state index in [-0.39, 0.29) is 27.3 Å². The minimum absolute atomic E-state index is 0. The van der Waals surface area contributed by atoms with Gasteiger partial charge in [0, 0.05) is 0 Å². The van der Waals surface area contributed by atoms with E-state index in [0.717, 1.165) is 0 Å². The number of aromatic nitrogens is 6. The van der Waals surface area contributed by atoms with E-state index in [1.165, 1.54) is 0 Å². The molecule has 3 rings (SSSR count). The largest absolute Gasteiger partial charge is 1.00 e. The van der Waals surface area contributed by atoms with Gasteiger partial charge in [0.15, 0.2) is 17.1 Å². The maximum Gasteiger partial charge on any atom is 1.00 e. The Kier molecular flexibility index (Phi) is 8.65. The summed E-state index contributed by atoms with van der Waals surface area (Å²) in [5.41, 5.74) is -16.3. The number of halogens is 18. The fraction of sp³-hybridized carbons (Fsp3) is 0.400. The summed E-state index contributed by atoms with van der Waals surface area (Å²) in [7, 11) is -5.30. The molecule has 6 nitrogen and oxygen atoms in total. The van der Waals surface area contributed by atoms with Crippen molar-refractivity contribution in [1.29, 1.82) is 0 Å². The number of hydrogen-bond acceptors (Lipinski definition) is 3. The molecule has 0 amide bonds. The van der Waals surface area contributed by atoms with Crippen molar-refractivity contribution in [1.82, 2.24) is 29.1 Å². The zero-order valence-corrected chi connectivity index (χ0v) is 23.0. The van der Waals surface area contributed by atoms with Gasteiger partial charge in [-0.2, -0.15) is 79.0 Å². The average molecular weight is 825 g/mol. The molecule has 0 N–H and O–H groups in total. The Bertz CT molecular complexity index is 1220. The van der Waals surface area contributed by atoms with E-state index >= 15 is 0 Å². The molecule has 0 atom stereocenters. The molecule has 26 heteroatoms. The molecule has 0 aliphatic rings. The minimum atomic E-state index is -6.13. The van der Waals surface area contributed by atoms with Crippen molar-refractivity contribution in [3.63, 3.8) is 0 Å². The molecule has 0 spiro atoms. The van der Waals surface area contributed by atoms with Crippen LogP contribution < -0.4 is 0 Å². The Labute approximate surface area is 232 Å². The number of nitrogens with zero attached hydrogens (tertiary/aromatic N) is 6. The Morgan fingerprint density at radius 3 is 0.732 bits per heavy atom. The van der Waals surface area contributed by atoms with Crippen molar-refractivity contribution >= 4 is 34.4 Å². The van der Waals surface area contributed by atoms with Crippen LogP contribution in [0.4, 0.5) is 79.0 Å². The summed E-state index contributed by atoms with van der Waals surface area (Å²) in [4.78, 5) is 0. The van der Waals surface area contributed by atoms with Crippen molar-refractivity contribution in [2.24, 2.45) is 0 Å². The minimum Gasteiger partial charge on any atom is -0.392 e. The van der Waals surface area contributed by atoms with Crippen molar-refractivity contribution in [3.05, 3.63) is 52.4 Å². The topological polar surface area (TPSA) is 53.5 Å². The number of hydrogen-bond donors (Lipinski definition) is 0. The molecule has 0 unspecified atom stereocenters. The van der Waals surface area contributed by atoms with Gasteiger partial charge in [-0.15, -0.1) is 0 Å². The number of rotatable bonds is 3. The molecule has 0 bridgehead atoms. The van der Waals surface area contributed by atoms with E-state index in [0.29, 0.717) is 0 Å². The van der Waals surface area contributed by atoms with Crippen molar-refractivity contribution in [2.45, 2.75) is 37.1 Å². The van der Waals surface area contributed by atoms with Gasteiger partial charge in [-0.3, -0.25) is 0 Å². The molecule has 0 radical (unpaired) electrons. The quantitative estimate of drug-likeness (QED) is 0.253. The Hall–Kier alpha value is -2.64. The van der Waals surface area contributed by atoms with E-state index < -0.39 is 110 Å². The summed E-state index contributed by atoms with van der Waals surface area (Å²) in [5.74, 6) is 0. The molecule has 3 heterocycles. The summed E-state index contributed by atoms with van der Waals surface area (Å²) < 4.78 is 237. The van der Waals surface area contributed by atoms with Crippen LogP contribution in [0.3, 0.4) is 0 Å². The van der Waals surface area contributed by atoms with Gasteiger partial charge in [-0.1, -0.05) is 0 Å². The molecule has 226 valence electrons. The monoisotopic (exact) mass is 826 g/mol. The summed E-state index contributed by atoms with van der Waals surface area (Å²) in [5, 5.41) is 6.84. The first kappa shape index (κ1) is 34.6. The van der Waals surface area contributed by atoms with Gasteiger partial charge in [0.1, 0.15) is 17.1 Å². The molecule has 0 saturated carbocycles. The van der Waals surface area contributed by atoms with Gasteiger partial charge in [0.25, 0.3) is 0 Å². The van der Waals surface area contributed by atoms with Gasteiger partial charge >= 0.3 is 71.5 Å². The normalized spacial score (nSPS) is 14.1. The average Bonchev–Trinajstić information content (AvgIpc) is 3.42. The SMILES string of the molecule is FC(F)(F)c1cc(C(F)(F)F)n([BH-](n2nc(C(F)(F)F)cc2C(F)(F)F)n2nc(C(F)(F)F)cc2C(F)(F)F)n1.[Tl+]. The van der Waals surface area contributed by atoms with Crippen LogP contribution >= 0.6 is 0 Å². The van der Waals surface area contributed by atoms with Crippen molar-refractivity contribution in [2.75, 3.05) is 0 Å². The molecule has 0 aliphatic heterocycles. The Morgan fingerprint density at radius 1 is 0.390 bits per heavy atom.